The molecule has 0 spiro atoms. The molecule has 112 valence electrons. The molecule has 2 heterocycles. The van der Waals surface area contributed by atoms with Gasteiger partial charge in [0.1, 0.15) is 0 Å². The standard InChI is InChI=1S/C17H19N4P/c1-11(2)8-9-22-13-10-19-15(12-6-4-3-5-7-12)14-16(13)20-21-17(14)18/h3-8,10,22H,9H2,1-2H3,(H3,18,20,21). The van der Waals surface area contributed by atoms with Crippen LogP contribution >= 0.6 is 8.58 Å². The summed E-state index contributed by atoms with van der Waals surface area (Å²) in [6.45, 7) is 4.23. The third-order valence-electron chi connectivity index (χ3n) is 3.47. The van der Waals surface area contributed by atoms with Crippen LogP contribution in [0.2, 0.25) is 0 Å². The lowest BCUT2D eigenvalue weighted by molar-refractivity contribution is 1.13. The van der Waals surface area contributed by atoms with E-state index in [1.54, 1.807) is 0 Å². The lowest BCUT2D eigenvalue weighted by atomic mass is 10.1. The van der Waals surface area contributed by atoms with E-state index >= 15 is 0 Å². The number of hydrogen-bond acceptors (Lipinski definition) is 3. The molecule has 0 saturated carbocycles. The van der Waals surface area contributed by atoms with Gasteiger partial charge in [-0.2, -0.15) is 5.10 Å². The van der Waals surface area contributed by atoms with Crippen molar-refractivity contribution in [3.05, 3.63) is 48.2 Å². The molecule has 0 radical (unpaired) electrons. The summed E-state index contributed by atoms with van der Waals surface area (Å²) in [5.74, 6) is 0.509. The summed E-state index contributed by atoms with van der Waals surface area (Å²) in [4.78, 5) is 4.65. The maximum Gasteiger partial charge on any atom is 0.155 e. The average Bonchev–Trinajstić information content (AvgIpc) is 2.91. The Bertz CT molecular complexity index is 817. The predicted molar refractivity (Wildman–Crippen MR) is 96.0 cm³/mol. The molecule has 1 unspecified atom stereocenters. The van der Waals surface area contributed by atoms with Crippen LogP contribution in [0.15, 0.2) is 48.2 Å². The zero-order chi connectivity index (χ0) is 15.5. The third kappa shape index (κ3) is 2.88. The summed E-state index contributed by atoms with van der Waals surface area (Å²) >= 11 is 0. The minimum atomic E-state index is 0.509. The van der Waals surface area contributed by atoms with Crippen molar-refractivity contribution >= 4 is 30.6 Å². The number of hydrogen-bond donors (Lipinski definition) is 2. The highest BCUT2D eigenvalue weighted by Crippen LogP contribution is 2.30. The normalized spacial score (nSPS) is 11.4. The smallest absolute Gasteiger partial charge is 0.155 e. The quantitative estimate of drug-likeness (QED) is 0.572. The van der Waals surface area contributed by atoms with Crippen molar-refractivity contribution < 1.29 is 0 Å². The number of pyridine rings is 1. The highest BCUT2D eigenvalue weighted by Gasteiger charge is 2.14. The lowest BCUT2D eigenvalue weighted by Gasteiger charge is -2.07. The first-order chi connectivity index (χ1) is 10.7. The minimum Gasteiger partial charge on any atom is -0.382 e. The number of H-pyrrole nitrogens is 1. The first kappa shape index (κ1) is 14.7. The monoisotopic (exact) mass is 310 g/mol. The van der Waals surface area contributed by atoms with Crippen LogP contribution in [0.25, 0.3) is 22.2 Å². The van der Waals surface area contributed by atoms with Crippen LogP contribution in [0.1, 0.15) is 13.8 Å². The van der Waals surface area contributed by atoms with Gasteiger partial charge in [-0.3, -0.25) is 10.1 Å². The van der Waals surface area contributed by atoms with Crippen LogP contribution in [0.3, 0.4) is 0 Å². The fraction of sp³-hybridized carbons (Fsp3) is 0.176. The molecule has 4 nitrogen and oxygen atoms in total. The van der Waals surface area contributed by atoms with E-state index in [9.17, 15) is 0 Å². The second-order valence-electron chi connectivity index (χ2n) is 5.41. The van der Waals surface area contributed by atoms with E-state index in [1.807, 2.05) is 36.5 Å². The van der Waals surface area contributed by atoms with E-state index in [4.69, 9.17) is 5.73 Å². The van der Waals surface area contributed by atoms with Crippen LogP contribution in [0, 0.1) is 0 Å². The Kier molecular flexibility index (Phi) is 4.21. The summed E-state index contributed by atoms with van der Waals surface area (Å²) in [6.07, 6.45) is 5.21. The highest BCUT2D eigenvalue weighted by molar-refractivity contribution is 7.48. The predicted octanol–water partition coefficient (Wildman–Crippen LogP) is 3.48. The molecule has 2 aromatic heterocycles. The van der Waals surface area contributed by atoms with Crippen molar-refractivity contribution in [1.29, 1.82) is 0 Å². The van der Waals surface area contributed by atoms with Gasteiger partial charge in [0, 0.05) is 17.1 Å². The highest BCUT2D eigenvalue weighted by atomic mass is 31.1. The maximum absolute atomic E-state index is 6.07. The van der Waals surface area contributed by atoms with E-state index < -0.39 is 0 Å². The van der Waals surface area contributed by atoms with Crippen LogP contribution in [-0.4, -0.2) is 21.3 Å². The lowest BCUT2D eigenvalue weighted by Crippen LogP contribution is -2.02. The van der Waals surface area contributed by atoms with E-state index in [-0.39, 0.29) is 0 Å². The van der Waals surface area contributed by atoms with E-state index in [0.717, 1.165) is 28.3 Å². The molecule has 0 fully saturated rings. The summed E-state index contributed by atoms with van der Waals surface area (Å²) in [5, 5.41) is 9.37. The van der Waals surface area contributed by atoms with Gasteiger partial charge >= 0.3 is 0 Å². The van der Waals surface area contributed by atoms with Gasteiger partial charge in [0.15, 0.2) is 5.82 Å². The van der Waals surface area contributed by atoms with Gasteiger partial charge in [0.05, 0.1) is 16.6 Å². The zero-order valence-electron chi connectivity index (χ0n) is 12.7. The van der Waals surface area contributed by atoms with Crippen molar-refractivity contribution in [3.63, 3.8) is 0 Å². The Labute approximate surface area is 131 Å². The van der Waals surface area contributed by atoms with Crippen LogP contribution in [-0.2, 0) is 0 Å². The summed E-state index contributed by atoms with van der Waals surface area (Å²) < 4.78 is 0. The van der Waals surface area contributed by atoms with Crippen LogP contribution in [0.4, 0.5) is 5.82 Å². The number of fused-ring (bicyclic) bond motifs is 1. The average molecular weight is 310 g/mol. The number of allylic oxidation sites excluding steroid dienone is 2. The van der Waals surface area contributed by atoms with Gasteiger partial charge in [-0.1, -0.05) is 50.6 Å². The van der Waals surface area contributed by atoms with Crippen molar-refractivity contribution in [3.8, 4) is 11.3 Å². The van der Waals surface area contributed by atoms with Crippen LogP contribution in [0.5, 0.6) is 0 Å². The van der Waals surface area contributed by atoms with Gasteiger partial charge in [-0.05, 0) is 20.0 Å². The maximum atomic E-state index is 6.07. The largest absolute Gasteiger partial charge is 0.382 e. The molecule has 3 N–H and O–H groups in total. The Balaban J connectivity index is 2.07. The Morgan fingerprint density at radius 1 is 1.27 bits per heavy atom. The molecular weight excluding hydrogens is 291 g/mol. The second kappa shape index (κ2) is 6.29. The number of nitrogen functional groups attached to an aromatic ring is 1. The molecule has 0 aliphatic heterocycles. The number of aromatic nitrogens is 3. The van der Waals surface area contributed by atoms with Crippen molar-refractivity contribution in [2.75, 3.05) is 11.9 Å². The Morgan fingerprint density at radius 2 is 2.05 bits per heavy atom. The van der Waals surface area contributed by atoms with Crippen molar-refractivity contribution in [1.82, 2.24) is 15.2 Å². The van der Waals surface area contributed by atoms with Crippen molar-refractivity contribution in [2.24, 2.45) is 0 Å². The van der Waals surface area contributed by atoms with Gasteiger partial charge in [-0.15, -0.1) is 0 Å². The molecule has 0 saturated heterocycles. The number of rotatable bonds is 4. The van der Waals surface area contributed by atoms with E-state index in [1.165, 1.54) is 10.9 Å². The number of nitrogens with two attached hydrogens (primary N) is 1. The molecule has 1 atom stereocenters. The van der Waals surface area contributed by atoms with Crippen molar-refractivity contribution in [2.45, 2.75) is 13.8 Å². The third-order valence-corrected chi connectivity index (χ3v) is 4.64. The second-order valence-corrected chi connectivity index (χ2v) is 6.71. The molecule has 3 aromatic rings. The first-order valence-corrected chi connectivity index (χ1v) is 8.42. The summed E-state index contributed by atoms with van der Waals surface area (Å²) in [5.41, 5.74) is 10.4. The molecule has 3 rings (SSSR count). The summed E-state index contributed by atoms with van der Waals surface area (Å²) in [6, 6.07) is 10.1. The minimum absolute atomic E-state index is 0.509. The molecule has 22 heavy (non-hydrogen) atoms. The topological polar surface area (TPSA) is 67.6 Å². The van der Waals surface area contributed by atoms with E-state index in [2.05, 4.69) is 35.1 Å². The molecular formula is C17H19N4P. The number of anilines is 1. The number of nitrogens with zero attached hydrogens (tertiary/aromatic N) is 2. The first-order valence-electron chi connectivity index (χ1n) is 7.22. The fourth-order valence-electron chi connectivity index (χ4n) is 2.36. The van der Waals surface area contributed by atoms with Gasteiger partial charge in [0.2, 0.25) is 0 Å². The number of benzene rings is 1. The SMILES string of the molecule is CC(C)=CCPc1cnc(-c2ccccc2)c2c(N)n[nH]c12. The number of aromatic amines is 1. The Hall–Kier alpha value is -2.19. The van der Waals surface area contributed by atoms with Gasteiger partial charge < -0.3 is 5.73 Å². The molecule has 5 heteroatoms. The Morgan fingerprint density at radius 3 is 2.77 bits per heavy atom. The molecule has 0 bridgehead atoms. The fourth-order valence-corrected chi connectivity index (χ4v) is 3.61. The zero-order valence-corrected chi connectivity index (χ0v) is 13.7. The molecule has 0 aliphatic carbocycles. The van der Waals surface area contributed by atoms with Crippen LogP contribution < -0.4 is 11.0 Å². The van der Waals surface area contributed by atoms with E-state index in [0.29, 0.717) is 14.4 Å². The molecule has 0 aliphatic rings. The van der Waals surface area contributed by atoms with Gasteiger partial charge in [0.25, 0.3) is 0 Å². The molecule has 0 amide bonds. The summed E-state index contributed by atoms with van der Waals surface area (Å²) in [7, 11) is 0.653. The van der Waals surface area contributed by atoms with Gasteiger partial charge in [-0.25, -0.2) is 0 Å². The number of nitrogens with one attached hydrogen (secondary N) is 1. The molecule has 1 aromatic carbocycles.